The second-order valence-electron chi connectivity index (χ2n) is 3.19. The van der Waals surface area contributed by atoms with E-state index in [1.54, 1.807) is 0 Å². The Hall–Kier alpha value is 0.310. The molecule has 0 aromatic carbocycles. The first-order chi connectivity index (χ1) is 5.85. The zero-order valence-corrected chi connectivity index (χ0v) is 9.54. The smallest absolute Gasteiger partial charge is 0.00647 e. The fraction of sp³-hybridized carbons (Fsp3) is 1.00. The largest absolute Gasteiger partial charge is 0.313 e. The first kappa shape index (κ1) is 12.3. The second kappa shape index (κ2) is 9.40. The Labute approximate surface area is 81.7 Å². The molecule has 0 fully saturated rings. The predicted octanol–water partition coefficient (Wildman–Crippen LogP) is 2.91. The second-order valence-corrected chi connectivity index (χ2v) is 4.18. The van der Waals surface area contributed by atoms with Crippen molar-refractivity contribution in [2.75, 3.05) is 18.6 Å². The molecule has 0 aliphatic heterocycles. The van der Waals surface area contributed by atoms with Gasteiger partial charge in [0, 0.05) is 18.3 Å². The van der Waals surface area contributed by atoms with Gasteiger partial charge >= 0.3 is 0 Å². The first-order valence-corrected chi connectivity index (χ1v) is 6.46. The molecule has 74 valence electrons. The van der Waals surface area contributed by atoms with Crippen molar-refractivity contribution in [1.29, 1.82) is 0 Å². The standard InChI is InChI=1S/C10H23NS/c1-4-6-7-10(5-2)11-8-9-12-3/h10-11H,4-9H2,1-3H3. The molecule has 0 aromatic rings. The van der Waals surface area contributed by atoms with Gasteiger partial charge < -0.3 is 5.32 Å². The van der Waals surface area contributed by atoms with E-state index in [0.29, 0.717) is 0 Å². The van der Waals surface area contributed by atoms with Crippen LogP contribution in [0.25, 0.3) is 0 Å². The summed E-state index contributed by atoms with van der Waals surface area (Å²) >= 11 is 1.92. The number of hydrogen-bond donors (Lipinski definition) is 1. The Morgan fingerprint density at radius 2 is 2.08 bits per heavy atom. The topological polar surface area (TPSA) is 12.0 Å². The summed E-state index contributed by atoms with van der Waals surface area (Å²) in [5, 5.41) is 3.58. The molecule has 0 heterocycles. The van der Waals surface area contributed by atoms with E-state index in [2.05, 4.69) is 25.4 Å². The molecule has 0 spiro atoms. The normalized spacial score (nSPS) is 13.2. The summed E-state index contributed by atoms with van der Waals surface area (Å²) in [6.07, 6.45) is 7.47. The van der Waals surface area contributed by atoms with Gasteiger partial charge in [0.2, 0.25) is 0 Å². The average Bonchev–Trinajstić information content (AvgIpc) is 2.11. The maximum Gasteiger partial charge on any atom is 0.00647 e. The van der Waals surface area contributed by atoms with Crippen LogP contribution >= 0.6 is 11.8 Å². The third kappa shape index (κ3) is 6.99. The van der Waals surface area contributed by atoms with Gasteiger partial charge in [0.1, 0.15) is 0 Å². The molecule has 0 aliphatic carbocycles. The molecule has 0 bridgehead atoms. The molecule has 12 heavy (non-hydrogen) atoms. The summed E-state index contributed by atoms with van der Waals surface area (Å²) in [4.78, 5) is 0. The van der Waals surface area contributed by atoms with Crippen LogP contribution in [-0.2, 0) is 0 Å². The average molecular weight is 189 g/mol. The summed E-state index contributed by atoms with van der Waals surface area (Å²) < 4.78 is 0. The summed E-state index contributed by atoms with van der Waals surface area (Å²) in [5.41, 5.74) is 0. The zero-order chi connectivity index (χ0) is 9.23. The highest BCUT2D eigenvalue weighted by Crippen LogP contribution is 2.03. The van der Waals surface area contributed by atoms with Crippen LogP contribution in [-0.4, -0.2) is 24.6 Å². The van der Waals surface area contributed by atoms with Gasteiger partial charge in [-0.05, 0) is 19.1 Å². The van der Waals surface area contributed by atoms with Gasteiger partial charge in [-0.15, -0.1) is 0 Å². The van der Waals surface area contributed by atoms with Crippen LogP contribution in [0.3, 0.4) is 0 Å². The van der Waals surface area contributed by atoms with Crippen LogP contribution in [0.5, 0.6) is 0 Å². The lowest BCUT2D eigenvalue weighted by Crippen LogP contribution is -2.30. The van der Waals surface area contributed by atoms with Crippen molar-refractivity contribution in [3.8, 4) is 0 Å². The molecule has 1 atom stereocenters. The summed E-state index contributed by atoms with van der Waals surface area (Å²) in [5.74, 6) is 1.24. The summed E-state index contributed by atoms with van der Waals surface area (Å²) in [6, 6.07) is 0.761. The Kier molecular flexibility index (Phi) is 9.64. The number of hydrogen-bond acceptors (Lipinski definition) is 2. The molecule has 0 saturated heterocycles. The fourth-order valence-corrected chi connectivity index (χ4v) is 1.59. The molecule has 1 nitrogen and oxygen atoms in total. The van der Waals surface area contributed by atoms with Crippen molar-refractivity contribution in [3.63, 3.8) is 0 Å². The molecule has 0 saturated carbocycles. The number of thioether (sulfide) groups is 1. The van der Waals surface area contributed by atoms with E-state index in [4.69, 9.17) is 0 Å². The van der Waals surface area contributed by atoms with Gasteiger partial charge in [-0.25, -0.2) is 0 Å². The molecule has 0 aromatic heterocycles. The predicted molar refractivity (Wildman–Crippen MR) is 60.0 cm³/mol. The molecule has 0 rings (SSSR count). The van der Waals surface area contributed by atoms with E-state index >= 15 is 0 Å². The van der Waals surface area contributed by atoms with Gasteiger partial charge in [0.25, 0.3) is 0 Å². The van der Waals surface area contributed by atoms with Crippen molar-refractivity contribution >= 4 is 11.8 Å². The van der Waals surface area contributed by atoms with Crippen molar-refractivity contribution in [1.82, 2.24) is 5.32 Å². The van der Waals surface area contributed by atoms with Gasteiger partial charge in [-0.2, -0.15) is 11.8 Å². The minimum Gasteiger partial charge on any atom is -0.313 e. The van der Waals surface area contributed by atoms with E-state index in [1.165, 1.54) is 38.0 Å². The maximum atomic E-state index is 3.58. The highest BCUT2D eigenvalue weighted by molar-refractivity contribution is 7.98. The van der Waals surface area contributed by atoms with Crippen molar-refractivity contribution in [2.24, 2.45) is 0 Å². The van der Waals surface area contributed by atoms with E-state index in [0.717, 1.165) is 6.04 Å². The third-order valence-corrected chi connectivity index (χ3v) is 2.75. The van der Waals surface area contributed by atoms with E-state index in [1.807, 2.05) is 11.8 Å². The number of rotatable bonds is 8. The van der Waals surface area contributed by atoms with Crippen molar-refractivity contribution in [2.45, 2.75) is 45.6 Å². The Morgan fingerprint density at radius 3 is 2.58 bits per heavy atom. The molecule has 1 unspecified atom stereocenters. The molecule has 1 N–H and O–H groups in total. The lowest BCUT2D eigenvalue weighted by atomic mass is 10.1. The van der Waals surface area contributed by atoms with E-state index in [9.17, 15) is 0 Å². The molecular formula is C10H23NS. The minimum absolute atomic E-state index is 0.761. The van der Waals surface area contributed by atoms with E-state index in [-0.39, 0.29) is 0 Å². The molecular weight excluding hydrogens is 166 g/mol. The first-order valence-electron chi connectivity index (χ1n) is 5.07. The van der Waals surface area contributed by atoms with Crippen molar-refractivity contribution in [3.05, 3.63) is 0 Å². The lowest BCUT2D eigenvalue weighted by molar-refractivity contribution is 0.466. The highest BCUT2D eigenvalue weighted by Gasteiger charge is 2.02. The highest BCUT2D eigenvalue weighted by atomic mass is 32.2. The molecule has 0 aliphatic rings. The molecule has 0 amide bonds. The summed E-state index contributed by atoms with van der Waals surface area (Å²) in [7, 11) is 0. The van der Waals surface area contributed by atoms with Gasteiger partial charge in [-0.1, -0.05) is 26.7 Å². The lowest BCUT2D eigenvalue weighted by Gasteiger charge is -2.15. The van der Waals surface area contributed by atoms with Crippen LogP contribution in [0.15, 0.2) is 0 Å². The van der Waals surface area contributed by atoms with Crippen LogP contribution in [0.1, 0.15) is 39.5 Å². The monoisotopic (exact) mass is 189 g/mol. The minimum atomic E-state index is 0.761. The van der Waals surface area contributed by atoms with Gasteiger partial charge in [0.05, 0.1) is 0 Å². The molecule has 2 heteroatoms. The Morgan fingerprint density at radius 1 is 1.33 bits per heavy atom. The Balaban J connectivity index is 3.26. The SMILES string of the molecule is CCCCC(CC)NCCSC. The molecule has 0 radical (unpaired) electrons. The van der Waals surface area contributed by atoms with E-state index < -0.39 is 0 Å². The van der Waals surface area contributed by atoms with Crippen LogP contribution in [0.4, 0.5) is 0 Å². The maximum absolute atomic E-state index is 3.58. The third-order valence-electron chi connectivity index (χ3n) is 2.14. The van der Waals surface area contributed by atoms with Crippen molar-refractivity contribution < 1.29 is 0 Å². The zero-order valence-electron chi connectivity index (χ0n) is 8.73. The number of unbranched alkanes of at least 4 members (excludes halogenated alkanes) is 1. The summed E-state index contributed by atoms with van der Waals surface area (Å²) in [6.45, 7) is 5.70. The van der Waals surface area contributed by atoms with Gasteiger partial charge in [0.15, 0.2) is 0 Å². The van der Waals surface area contributed by atoms with Crippen LogP contribution < -0.4 is 5.32 Å². The quantitative estimate of drug-likeness (QED) is 0.589. The van der Waals surface area contributed by atoms with Crippen LogP contribution in [0, 0.1) is 0 Å². The van der Waals surface area contributed by atoms with Gasteiger partial charge in [-0.3, -0.25) is 0 Å². The Bertz CT molecular complexity index is 85.9. The number of nitrogens with one attached hydrogen (secondary N) is 1. The van der Waals surface area contributed by atoms with Crippen LogP contribution in [0.2, 0.25) is 0 Å². The fourth-order valence-electron chi connectivity index (χ4n) is 1.27.